The van der Waals surface area contributed by atoms with Gasteiger partial charge in [-0.15, -0.1) is 0 Å². The van der Waals surface area contributed by atoms with E-state index < -0.39 is 5.82 Å². The average molecular weight is 434 g/mol. The van der Waals surface area contributed by atoms with Crippen molar-refractivity contribution in [2.75, 3.05) is 46.9 Å². The van der Waals surface area contributed by atoms with Crippen molar-refractivity contribution in [2.24, 2.45) is 0 Å². The predicted molar refractivity (Wildman–Crippen MR) is 113 cm³/mol. The highest BCUT2D eigenvalue weighted by Crippen LogP contribution is 2.20. The fourth-order valence-electron chi connectivity index (χ4n) is 3.39. The van der Waals surface area contributed by atoms with Gasteiger partial charge in [0.05, 0.1) is 24.2 Å². The van der Waals surface area contributed by atoms with Gasteiger partial charge in [-0.3, -0.25) is 14.5 Å². The van der Waals surface area contributed by atoms with Gasteiger partial charge >= 0.3 is 0 Å². The first-order valence-corrected chi connectivity index (χ1v) is 10.1. The van der Waals surface area contributed by atoms with Crippen LogP contribution in [0, 0.1) is 5.82 Å². The van der Waals surface area contributed by atoms with Crippen LogP contribution < -0.4 is 4.74 Å². The Morgan fingerprint density at radius 1 is 1.13 bits per heavy atom. The van der Waals surface area contributed by atoms with Crippen molar-refractivity contribution in [2.45, 2.75) is 6.54 Å². The maximum atomic E-state index is 13.2. The van der Waals surface area contributed by atoms with Crippen LogP contribution in [0.5, 0.6) is 5.75 Å². The van der Waals surface area contributed by atoms with E-state index in [9.17, 15) is 14.0 Å². The number of rotatable bonds is 6. The number of hydrogen-bond acceptors (Lipinski definition) is 4. The fourth-order valence-corrected chi connectivity index (χ4v) is 3.64. The quantitative estimate of drug-likeness (QED) is 0.703. The smallest absolute Gasteiger partial charge is 0.255 e. The summed E-state index contributed by atoms with van der Waals surface area (Å²) in [6.07, 6.45) is 0. The predicted octanol–water partition coefficient (Wildman–Crippen LogP) is 2.90. The molecule has 0 N–H and O–H groups in total. The van der Waals surface area contributed by atoms with E-state index in [1.165, 1.54) is 12.1 Å². The summed E-state index contributed by atoms with van der Waals surface area (Å²) in [5.74, 6) is 0.0774. The van der Waals surface area contributed by atoms with E-state index in [1.807, 2.05) is 29.2 Å². The molecule has 2 amide bonds. The first kappa shape index (κ1) is 22.1. The molecule has 0 radical (unpaired) electrons. The molecule has 0 atom stereocenters. The summed E-state index contributed by atoms with van der Waals surface area (Å²) < 4.78 is 18.4. The first-order chi connectivity index (χ1) is 14.4. The van der Waals surface area contributed by atoms with Gasteiger partial charge in [-0.2, -0.15) is 0 Å². The number of carbonyl (C=O) groups is 2. The number of benzene rings is 2. The molecule has 30 heavy (non-hydrogen) atoms. The van der Waals surface area contributed by atoms with Crippen molar-refractivity contribution in [3.05, 3.63) is 64.4 Å². The number of piperazine rings is 1. The Bertz CT molecular complexity index is 916. The molecule has 1 aliphatic rings. The maximum Gasteiger partial charge on any atom is 0.255 e. The molecule has 0 spiro atoms. The van der Waals surface area contributed by atoms with Crippen molar-refractivity contribution in [1.29, 1.82) is 0 Å². The third kappa shape index (κ3) is 5.49. The molecule has 8 heteroatoms. The van der Waals surface area contributed by atoms with Crippen molar-refractivity contribution in [3.63, 3.8) is 0 Å². The van der Waals surface area contributed by atoms with E-state index in [0.717, 1.165) is 17.4 Å². The molecule has 0 aliphatic carbocycles. The Hall–Kier alpha value is -2.64. The van der Waals surface area contributed by atoms with Gasteiger partial charge in [0, 0.05) is 39.8 Å². The molecule has 160 valence electrons. The second-order valence-electron chi connectivity index (χ2n) is 7.29. The Balaban J connectivity index is 1.50. The minimum absolute atomic E-state index is 0.0131. The van der Waals surface area contributed by atoms with Gasteiger partial charge in [0.1, 0.15) is 11.6 Å². The van der Waals surface area contributed by atoms with Gasteiger partial charge in [-0.25, -0.2) is 4.39 Å². The lowest BCUT2D eigenvalue weighted by molar-refractivity contribution is -0.132. The lowest BCUT2D eigenvalue weighted by Gasteiger charge is -2.35. The normalized spacial score (nSPS) is 14.5. The minimum atomic E-state index is -0.474. The lowest BCUT2D eigenvalue weighted by atomic mass is 10.1. The van der Waals surface area contributed by atoms with Crippen molar-refractivity contribution >= 4 is 23.4 Å². The number of carbonyl (C=O) groups excluding carboxylic acids is 2. The number of halogens is 2. The third-order valence-corrected chi connectivity index (χ3v) is 5.47. The summed E-state index contributed by atoms with van der Waals surface area (Å²) >= 11 is 6.01. The van der Waals surface area contributed by atoms with Gasteiger partial charge in [0.15, 0.2) is 0 Å². The Labute approximate surface area is 180 Å². The molecule has 2 aromatic carbocycles. The average Bonchev–Trinajstić information content (AvgIpc) is 2.74. The summed E-state index contributed by atoms with van der Waals surface area (Å²) in [4.78, 5) is 30.6. The molecule has 3 rings (SSSR count). The monoisotopic (exact) mass is 433 g/mol. The minimum Gasteiger partial charge on any atom is -0.497 e. The third-order valence-electron chi connectivity index (χ3n) is 5.16. The van der Waals surface area contributed by atoms with E-state index >= 15 is 0 Å². The molecular formula is C22H25ClFN3O3. The largest absolute Gasteiger partial charge is 0.497 e. The van der Waals surface area contributed by atoms with E-state index in [4.69, 9.17) is 16.3 Å². The van der Waals surface area contributed by atoms with E-state index in [0.29, 0.717) is 44.8 Å². The maximum absolute atomic E-state index is 13.2. The second-order valence-corrected chi connectivity index (χ2v) is 7.70. The zero-order valence-corrected chi connectivity index (χ0v) is 17.9. The standard InChI is InChI=1S/C22H25ClFN3O3/c1-25(14-16-4-3-5-18(12-16)30-2)21(28)15-26-8-10-27(11-9-26)22(29)19-7-6-17(24)13-20(19)23/h3-7,12-13H,8-11,14-15H2,1-2H3. The van der Waals surface area contributed by atoms with Gasteiger partial charge in [-0.05, 0) is 35.9 Å². The Morgan fingerprint density at radius 2 is 1.87 bits per heavy atom. The molecule has 6 nitrogen and oxygen atoms in total. The molecule has 1 heterocycles. The van der Waals surface area contributed by atoms with Gasteiger partial charge < -0.3 is 14.5 Å². The number of hydrogen-bond donors (Lipinski definition) is 0. The Kier molecular flexibility index (Phi) is 7.29. The van der Waals surface area contributed by atoms with Crippen LogP contribution >= 0.6 is 11.6 Å². The molecule has 1 saturated heterocycles. The topological polar surface area (TPSA) is 53.1 Å². The lowest BCUT2D eigenvalue weighted by Crippen LogP contribution is -2.51. The van der Waals surface area contributed by atoms with Crippen molar-refractivity contribution in [3.8, 4) is 5.75 Å². The second kappa shape index (κ2) is 9.91. The van der Waals surface area contributed by atoms with Crippen LogP contribution in [-0.2, 0) is 11.3 Å². The summed E-state index contributed by atoms with van der Waals surface area (Å²) in [7, 11) is 3.39. The van der Waals surface area contributed by atoms with Crippen LogP contribution in [0.3, 0.4) is 0 Å². The molecule has 2 aromatic rings. The number of nitrogens with zero attached hydrogens (tertiary/aromatic N) is 3. The van der Waals surface area contributed by atoms with Gasteiger partial charge in [0.2, 0.25) is 5.91 Å². The van der Waals surface area contributed by atoms with Gasteiger partial charge in [0.25, 0.3) is 5.91 Å². The summed E-state index contributed by atoms with van der Waals surface area (Å²) in [5.41, 5.74) is 1.29. The number of methoxy groups -OCH3 is 1. The highest BCUT2D eigenvalue weighted by molar-refractivity contribution is 6.33. The van der Waals surface area contributed by atoms with Crippen molar-refractivity contribution < 1.29 is 18.7 Å². The van der Waals surface area contributed by atoms with E-state index in [1.54, 1.807) is 24.0 Å². The van der Waals surface area contributed by atoms with Crippen LogP contribution in [0.2, 0.25) is 5.02 Å². The van der Waals surface area contributed by atoms with Crippen LogP contribution in [0.4, 0.5) is 4.39 Å². The van der Waals surface area contributed by atoms with Crippen molar-refractivity contribution in [1.82, 2.24) is 14.7 Å². The summed E-state index contributed by atoms with van der Waals surface area (Å²) in [6, 6.07) is 11.4. The van der Waals surface area contributed by atoms with Crippen LogP contribution in [0.25, 0.3) is 0 Å². The fraction of sp³-hybridized carbons (Fsp3) is 0.364. The summed E-state index contributed by atoms with van der Waals surface area (Å²) in [5, 5.41) is 0.108. The summed E-state index contributed by atoms with van der Waals surface area (Å²) in [6.45, 7) is 2.93. The molecular weight excluding hydrogens is 409 g/mol. The van der Waals surface area contributed by atoms with Crippen LogP contribution in [0.1, 0.15) is 15.9 Å². The molecule has 1 aliphatic heterocycles. The number of ether oxygens (including phenoxy) is 1. The van der Waals surface area contributed by atoms with E-state index in [2.05, 4.69) is 0 Å². The molecule has 0 unspecified atom stereocenters. The number of amides is 2. The molecule has 0 bridgehead atoms. The van der Waals surface area contributed by atoms with Gasteiger partial charge in [-0.1, -0.05) is 23.7 Å². The van der Waals surface area contributed by atoms with Crippen LogP contribution in [0.15, 0.2) is 42.5 Å². The zero-order valence-electron chi connectivity index (χ0n) is 17.1. The molecule has 0 aromatic heterocycles. The number of likely N-dealkylation sites (N-methyl/N-ethyl adjacent to an activating group) is 1. The zero-order chi connectivity index (χ0) is 21.7. The SMILES string of the molecule is COc1cccc(CN(C)C(=O)CN2CCN(C(=O)c3ccc(F)cc3Cl)CC2)c1. The van der Waals surface area contributed by atoms with Crippen LogP contribution in [-0.4, -0.2) is 73.4 Å². The van der Waals surface area contributed by atoms with E-state index in [-0.39, 0.29) is 16.8 Å². The molecule has 0 saturated carbocycles. The first-order valence-electron chi connectivity index (χ1n) is 9.71. The highest BCUT2D eigenvalue weighted by atomic mass is 35.5. The Morgan fingerprint density at radius 3 is 2.53 bits per heavy atom. The molecule has 1 fully saturated rings. The highest BCUT2D eigenvalue weighted by Gasteiger charge is 2.25.